The molecule has 0 fully saturated rings. The molecule has 0 saturated carbocycles. The van der Waals surface area contributed by atoms with Gasteiger partial charge in [-0.1, -0.05) is 6.07 Å². The summed E-state index contributed by atoms with van der Waals surface area (Å²) in [5, 5.41) is 8.95. The van der Waals surface area contributed by atoms with E-state index in [2.05, 4.69) is 11.1 Å². The zero-order chi connectivity index (χ0) is 13.0. The molecule has 0 aliphatic carbocycles. The average Bonchev–Trinajstić information content (AvgIpc) is 2.40. The molecule has 2 aromatic rings. The van der Waals surface area contributed by atoms with Crippen LogP contribution >= 0.6 is 0 Å². The Morgan fingerprint density at radius 1 is 1.33 bits per heavy atom. The van der Waals surface area contributed by atoms with Crippen LogP contribution in [0.25, 0.3) is 0 Å². The Labute approximate surface area is 106 Å². The van der Waals surface area contributed by atoms with Crippen molar-refractivity contribution in [3.8, 4) is 6.07 Å². The van der Waals surface area contributed by atoms with Crippen LogP contribution in [0.15, 0.2) is 42.6 Å². The van der Waals surface area contributed by atoms with Crippen LogP contribution in [-0.2, 0) is 6.54 Å². The standard InChI is InChI=1S/C14H14N4/c1-18(10-12-4-2-3-7-17-12)13-5-6-14(16)11(8-13)9-15/h2-8H,10,16H2,1H3. The predicted octanol–water partition coefficient (Wildman–Crippen LogP) is 2.17. The molecular formula is C14H14N4. The summed E-state index contributed by atoms with van der Waals surface area (Å²) >= 11 is 0. The lowest BCUT2D eigenvalue weighted by Crippen LogP contribution is -2.17. The van der Waals surface area contributed by atoms with Crippen LogP contribution in [0.5, 0.6) is 0 Å². The van der Waals surface area contributed by atoms with Crippen molar-refractivity contribution in [3.05, 3.63) is 53.9 Å². The van der Waals surface area contributed by atoms with Crippen molar-refractivity contribution < 1.29 is 0 Å². The number of anilines is 2. The van der Waals surface area contributed by atoms with E-state index in [-0.39, 0.29) is 0 Å². The van der Waals surface area contributed by atoms with Gasteiger partial charge in [0.1, 0.15) is 6.07 Å². The number of aromatic nitrogens is 1. The smallest absolute Gasteiger partial charge is 0.101 e. The Hall–Kier alpha value is -2.54. The molecule has 4 heteroatoms. The molecule has 0 unspecified atom stereocenters. The zero-order valence-corrected chi connectivity index (χ0v) is 10.2. The van der Waals surface area contributed by atoms with E-state index in [0.717, 1.165) is 11.4 Å². The van der Waals surface area contributed by atoms with Crippen molar-refractivity contribution in [3.63, 3.8) is 0 Å². The summed E-state index contributed by atoms with van der Waals surface area (Å²) in [7, 11) is 1.96. The maximum Gasteiger partial charge on any atom is 0.101 e. The third kappa shape index (κ3) is 2.58. The van der Waals surface area contributed by atoms with Gasteiger partial charge in [-0.2, -0.15) is 5.26 Å². The second-order valence-corrected chi connectivity index (χ2v) is 4.06. The van der Waals surface area contributed by atoms with E-state index < -0.39 is 0 Å². The first kappa shape index (κ1) is 11.9. The highest BCUT2D eigenvalue weighted by Crippen LogP contribution is 2.20. The maximum atomic E-state index is 8.95. The lowest BCUT2D eigenvalue weighted by molar-refractivity contribution is 0.885. The Morgan fingerprint density at radius 3 is 2.83 bits per heavy atom. The molecule has 2 rings (SSSR count). The first-order valence-electron chi connectivity index (χ1n) is 5.61. The number of benzene rings is 1. The summed E-state index contributed by atoms with van der Waals surface area (Å²) in [4.78, 5) is 6.30. The fourth-order valence-electron chi connectivity index (χ4n) is 1.70. The third-order valence-electron chi connectivity index (χ3n) is 2.72. The molecule has 18 heavy (non-hydrogen) atoms. The minimum Gasteiger partial charge on any atom is -0.398 e. The van der Waals surface area contributed by atoms with Gasteiger partial charge in [-0.15, -0.1) is 0 Å². The Kier molecular flexibility index (Phi) is 3.44. The number of nitrogen functional groups attached to an aromatic ring is 1. The van der Waals surface area contributed by atoms with Gasteiger partial charge in [0.25, 0.3) is 0 Å². The number of nitrogens with two attached hydrogens (primary N) is 1. The van der Waals surface area contributed by atoms with Crippen LogP contribution in [0.2, 0.25) is 0 Å². The van der Waals surface area contributed by atoms with E-state index in [9.17, 15) is 0 Å². The molecule has 1 aromatic carbocycles. The van der Waals surface area contributed by atoms with Crippen LogP contribution in [0.4, 0.5) is 11.4 Å². The minimum atomic E-state index is 0.500. The third-order valence-corrected chi connectivity index (χ3v) is 2.72. The van der Waals surface area contributed by atoms with Gasteiger partial charge in [0.15, 0.2) is 0 Å². The molecule has 4 nitrogen and oxygen atoms in total. The summed E-state index contributed by atoms with van der Waals surface area (Å²) in [6.07, 6.45) is 1.77. The van der Waals surface area contributed by atoms with Gasteiger partial charge < -0.3 is 10.6 Å². The van der Waals surface area contributed by atoms with Gasteiger partial charge in [-0.3, -0.25) is 4.98 Å². The molecule has 2 N–H and O–H groups in total. The van der Waals surface area contributed by atoms with Crippen LogP contribution < -0.4 is 10.6 Å². The molecule has 0 spiro atoms. The Morgan fingerprint density at radius 2 is 2.17 bits per heavy atom. The van der Waals surface area contributed by atoms with Gasteiger partial charge >= 0.3 is 0 Å². The average molecular weight is 238 g/mol. The van der Waals surface area contributed by atoms with Crippen LogP contribution in [-0.4, -0.2) is 12.0 Å². The van der Waals surface area contributed by atoms with Crippen molar-refractivity contribution in [1.29, 1.82) is 5.26 Å². The highest BCUT2D eigenvalue weighted by molar-refractivity contribution is 5.62. The van der Waals surface area contributed by atoms with Crippen molar-refractivity contribution in [2.24, 2.45) is 0 Å². The molecular weight excluding hydrogens is 224 g/mol. The number of nitrogens with zero attached hydrogens (tertiary/aromatic N) is 3. The molecule has 0 aliphatic heterocycles. The van der Waals surface area contributed by atoms with Crippen LogP contribution in [0, 0.1) is 11.3 Å². The molecule has 0 atom stereocenters. The summed E-state index contributed by atoms with van der Waals surface area (Å²) in [5.41, 5.74) is 8.64. The second-order valence-electron chi connectivity index (χ2n) is 4.06. The first-order valence-corrected chi connectivity index (χ1v) is 5.61. The number of rotatable bonds is 3. The topological polar surface area (TPSA) is 65.9 Å². The highest BCUT2D eigenvalue weighted by Gasteiger charge is 2.05. The molecule has 90 valence electrons. The van der Waals surface area contributed by atoms with Gasteiger partial charge in [-0.05, 0) is 30.3 Å². The van der Waals surface area contributed by atoms with E-state index in [0.29, 0.717) is 17.8 Å². The molecule has 1 heterocycles. The summed E-state index contributed by atoms with van der Waals surface area (Å²) in [6, 6.07) is 13.4. The zero-order valence-electron chi connectivity index (χ0n) is 10.2. The highest BCUT2D eigenvalue weighted by atomic mass is 15.1. The number of hydrogen-bond donors (Lipinski definition) is 1. The summed E-state index contributed by atoms with van der Waals surface area (Å²) < 4.78 is 0. The maximum absolute atomic E-state index is 8.95. The van der Waals surface area contributed by atoms with Gasteiger partial charge in [0.2, 0.25) is 0 Å². The number of hydrogen-bond acceptors (Lipinski definition) is 4. The van der Waals surface area contributed by atoms with E-state index in [4.69, 9.17) is 11.0 Å². The molecule has 0 saturated heterocycles. The summed E-state index contributed by atoms with van der Waals surface area (Å²) in [6.45, 7) is 0.690. The molecule has 0 bridgehead atoms. The molecule has 0 aliphatic rings. The number of pyridine rings is 1. The number of nitriles is 1. The van der Waals surface area contributed by atoms with Crippen molar-refractivity contribution in [2.75, 3.05) is 17.7 Å². The second kappa shape index (κ2) is 5.19. The monoisotopic (exact) mass is 238 g/mol. The van der Waals surface area contributed by atoms with Crippen molar-refractivity contribution >= 4 is 11.4 Å². The molecule has 0 amide bonds. The minimum absolute atomic E-state index is 0.500. The Balaban J connectivity index is 2.19. The van der Waals surface area contributed by atoms with E-state index in [1.54, 1.807) is 18.3 Å². The normalized spacial score (nSPS) is 9.78. The lowest BCUT2D eigenvalue weighted by Gasteiger charge is -2.19. The largest absolute Gasteiger partial charge is 0.398 e. The van der Waals surface area contributed by atoms with Crippen LogP contribution in [0.1, 0.15) is 11.3 Å². The van der Waals surface area contributed by atoms with E-state index in [1.165, 1.54) is 0 Å². The molecule has 0 radical (unpaired) electrons. The SMILES string of the molecule is CN(Cc1ccccn1)c1ccc(N)c(C#N)c1. The predicted molar refractivity (Wildman–Crippen MR) is 71.9 cm³/mol. The quantitative estimate of drug-likeness (QED) is 0.832. The van der Waals surface area contributed by atoms with E-state index >= 15 is 0 Å². The Bertz CT molecular complexity index is 572. The van der Waals surface area contributed by atoms with Gasteiger partial charge in [-0.25, -0.2) is 0 Å². The fraction of sp³-hybridized carbons (Fsp3) is 0.143. The van der Waals surface area contributed by atoms with Gasteiger partial charge in [0, 0.05) is 24.6 Å². The molecule has 1 aromatic heterocycles. The van der Waals surface area contributed by atoms with Gasteiger partial charge in [0.05, 0.1) is 17.8 Å². The van der Waals surface area contributed by atoms with E-state index in [1.807, 2.05) is 36.2 Å². The summed E-state index contributed by atoms with van der Waals surface area (Å²) in [5.74, 6) is 0. The van der Waals surface area contributed by atoms with Crippen LogP contribution in [0.3, 0.4) is 0 Å². The van der Waals surface area contributed by atoms with Crippen molar-refractivity contribution in [1.82, 2.24) is 4.98 Å². The lowest BCUT2D eigenvalue weighted by atomic mass is 10.1. The fourth-order valence-corrected chi connectivity index (χ4v) is 1.70. The first-order chi connectivity index (χ1) is 8.70. The van der Waals surface area contributed by atoms with Crippen molar-refractivity contribution in [2.45, 2.75) is 6.54 Å².